The van der Waals surface area contributed by atoms with Crippen LogP contribution in [-0.4, -0.2) is 96.1 Å². The van der Waals surface area contributed by atoms with Crippen LogP contribution in [0.2, 0.25) is 0 Å². The molecule has 2 saturated heterocycles. The summed E-state index contributed by atoms with van der Waals surface area (Å²) in [5.74, 6) is -0.438. The van der Waals surface area contributed by atoms with E-state index in [4.69, 9.17) is 4.74 Å². The standard InChI is InChI=1S/C43H58N6O6/c1-6-44-39(52)43(27-31-14-8-7-9-15-31)21-13-23-49(29-43)38(51)36(26-32-19-20-33-16-10-11-17-34(33)25-32)47-40(53)46-35-18-12-22-48(28-35)37(50)24-30(2)45-41(54)55-42(3,4)5/h7-11,14-17,19-20,25,30,35-36H,6,12-13,18,21-24,26-29H2,1-5H3,(H,44,52)(H,45,54)(H2,46,47,53). The molecule has 0 radical (unpaired) electrons. The molecule has 3 aromatic carbocycles. The maximum atomic E-state index is 14.6. The fourth-order valence-electron chi connectivity index (χ4n) is 7.74. The first kappa shape index (κ1) is 41.0. The molecule has 6 amide bonds. The van der Waals surface area contributed by atoms with Gasteiger partial charge in [-0.25, -0.2) is 9.59 Å². The summed E-state index contributed by atoms with van der Waals surface area (Å²) >= 11 is 0. The molecule has 0 aliphatic carbocycles. The number of carbonyl (C=O) groups is 5. The molecule has 0 aromatic heterocycles. The fraction of sp³-hybridized carbons (Fsp3) is 0.512. The average molecular weight is 755 g/mol. The Morgan fingerprint density at radius 2 is 1.58 bits per heavy atom. The number of benzene rings is 3. The number of piperidine rings is 2. The van der Waals surface area contributed by atoms with Gasteiger partial charge < -0.3 is 35.8 Å². The normalized spacial score (nSPS) is 19.8. The van der Waals surface area contributed by atoms with Crippen LogP contribution in [0.5, 0.6) is 0 Å². The Morgan fingerprint density at radius 3 is 2.31 bits per heavy atom. The summed E-state index contributed by atoms with van der Waals surface area (Å²) in [5.41, 5.74) is 0.476. The molecule has 12 nitrogen and oxygen atoms in total. The Morgan fingerprint density at radius 1 is 0.873 bits per heavy atom. The van der Waals surface area contributed by atoms with Gasteiger partial charge in [0.2, 0.25) is 17.7 Å². The quantitative estimate of drug-likeness (QED) is 0.197. The van der Waals surface area contributed by atoms with Crippen LogP contribution in [-0.2, 0) is 32.0 Å². The van der Waals surface area contributed by atoms with Crippen molar-refractivity contribution >= 4 is 40.6 Å². The van der Waals surface area contributed by atoms with Gasteiger partial charge in [0.15, 0.2) is 0 Å². The number of rotatable bonds is 12. The minimum atomic E-state index is -0.899. The SMILES string of the molecule is CCNC(=O)C1(Cc2ccccc2)CCCN(C(=O)C(Cc2ccc3ccccc3c2)NC(=O)NC2CCCN(C(=O)CC(C)NC(=O)OC(C)(C)C)C2)C1. The summed E-state index contributed by atoms with van der Waals surface area (Å²) in [7, 11) is 0. The van der Waals surface area contributed by atoms with E-state index in [1.807, 2.05) is 79.7 Å². The zero-order valence-corrected chi connectivity index (χ0v) is 33.0. The Hall–Kier alpha value is -5.13. The number of likely N-dealkylation sites (tertiary alicyclic amines) is 2. The Bertz CT molecular complexity index is 1810. The molecule has 2 heterocycles. The monoisotopic (exact) mass is 754 g/mol. The molecular weight excluding hydrogens is 697 g/mol. The number of carbonyl (C=O) groups excluding carboxylic acids is 5. The van der Waals surface area contributed by atoms with Crippen molar-refractivity contribution in [3.8, 4) is 0 Å². The van der Waals surface area contributed by atoms with Crippen molar-refractivity contribution in [2.75, 3.05) is 32.7 Å². The van der Waals surface area contributed by atoms with Gasteiger partial charge in [0.25, 0.3) is 0 Å². The topological polar surface area (TPSA) is 149 Å². The number of amides is 6. The molecule has 0 bridgehead atoms. The lowest BCUT2D eigenvalue weighted by molar-refractivity contribution is -0.142. The third-order valence-electron chi connectivity index (χ3n) is 10.3. The first-order chi connectivity index (χ1) is 26.2. The Labute approximate surface area is 325 Å². The van der Waals surface area contributed by atoms with Crippen molar-refractivity contribution in [3.05, 3.63) is 83.9 Å². The van der Waals surface area contributed by atoms with Crippen LogP contribution < -0.4 is 21.3 Å². The lowest BCUT2D eigenvalue weighted by Crippen LogP contribution is -2.60. The first-order valence-electron chi connectivity index (χ1n) is 19.7. The second-order valence-electron chi connectivity index (χ2n) is 16.2. The van der Waals surface area contributed by atoms with Crippen LogP contribution in [0.3, 0.4) is 0 Å². The smallest absolute Gasteiger partial charge is 0.407 e. The van der Waals surface area contributed by atoms with Crippen LogP contribution in [0, 0.1) is 5.41 Å². The molecule has 55 heavy (non-hydrogen) atoms. The van der Waals surface area contributed by atoms with Gasteiger partial charge in [0, 0.05) is 57.6 Å². The second-order valence-corrected chi connectivity index (χ2v) is 16.2. The van der Waals surface area contributed by atoms with Crippen molar-refractivity contribution in [1.82, 2.24) is 31.1 Å². The molecule has 0 saturated carbocycles. The molecule has 5 rings (SSSR count). The highest BCUT2D eigenvalue weighted by Crippen LogP contribution is 2.35. The van der Waals surface area contributed by atoms with E-state index in [-0.39, 0.29) is 43.1 Å². The predicted octanol–water partition coefficient (Wildman–Crippen LogP) is 5.33. The van der Waals surface area contributed by atoms with E-state index in [0.717, 1.165) is 21.9 Å². The number of nitrogens with one attached hydrogen (secondary N) is 4. The molecule has 4 unspecified atom stereocenters. The molecule has 3 aromatic rings. The van der Waals surface area contributed by atoms with Gasteiger partial charge in [-0.1, -0.05) is 72.8 Å². The third kappa shape index (κ3) is 11.7. The minimum absolute atomic E-state index is 0.0699. The lowest BCUT2D eigenvalue weighted by atomic mass is 9.74. The van der Waals surface area contributed by atoms with Gasteiger partial charge in [0.1, 0.15) is 11.6 Å². The molecule has 2 aliphatic rings. The van der Waals surface area contributed by atoms with E-state index < -0.39 is 35.2 Å². The summed E-state index contributed by atoms with van der Waals surface area (Å²) in [4.78, 5) is 70.9. The average Bonchev–Trinajstić information content (AvgIpc) is 3.14. The fourth-order valence-corrected chi connectivity index (χ4v) is 7.74. The van der Waals surface area contributed by atoms with Crippen molar-refractivity contribution in [2.24, 2.45) is 5.41 Å². The van der Waals surface area contributed by atoms with Crippen LogP contribution >= 0.6 is 0 Å². The van der Waals surface area contributed by atoms with Gasteiger partial charge in [0.05, 0.1) is 5.41 Å². The van der Waals surface area contributed by atoms with Crippen molar-refractivity contribution in [3.63, 3.8) is 0 Å². The van der Waals surface area contributed by atoms with E-state index in [2.05, 4.69) is 21.3 Å². The number of hydrogen-bond acceptors (Lipinski definition) is 6. The predicted molar refractivity (Wildman–Crippen MR) is 213 cm³/mol. The van der Waals surface area contributed by atoms with E-state index in [9.17, 15) is 24.0 Å². The first-order valence-corrected chi connectivity index (χ1v) is 19.7. The minimum Gasteiger partial charge on any atom is -0.444 e. The van der Waals surface area contributed by atoms with Crippen LogP contribution in [0.4, 0.5) is 9.59 Å². The zero-order chi connectivity index (χ0) is 39.6. The van der Waals surface area contributed by atoms with Crippen molar-refractivity contribution < 1.29 is 28.7 Å². The van der Waals surface area contributed by atoms with E-state index in [0.29, 0.717) is 58.3 Å². The van der Waals surface area contributed by atoms with Crippen LogP contribution in [0.25, 0.3) is 10.8 Å². The summed E-state index contributed by atoms with van der Waals surface area (Å²) in [6.07, 6.45) is 2.95. The van der Waals surface area contributed by atoms with Gasteiger partial charge >= 0.3 is 12.1 Å². The van der Waals surface area contributed by atoms with Gasteiger partial charge in [-0.2, -0.15) is 0 Å². The van der Waals surface area contributed by atoms with Crippen LogP contribution in [0.15, 0.2) is 72.8 Å². The van der Waals surface area contributed by atoms with E-state index in [1.165, 1.54) is 0 Å². The number of ether oxygens (including phenoxy) is 1. The molecule has 4 atom stereocenters. The molecule has 2 fully saturated rings. The molecule has 0 spiro atoms. The Balaban J connectivity index is 1.29. The highest BCUT2D eigenvalue weighted by molar-refractivity contribution is 5.90. The van der Waals surface area contributed by atoms with Crippen molar-refractivity contribution in [1.29, 1.82) is 0 Å². The lowest BCUT2D eigenvalue weighted by Gasteiger charge is -2.43. The number of alkyl carbamates (subject to hydrolysis) is 1. The molecule has 4 N–H and O–H groups in total. The van der Waals surface area contributed by atoms with Crippen LogP contribution in [0.1, 0.15) is 77.8 Å². The molecular formula is C43H58N6O6. The zero-order valence-electron chi connectivity index (χ0n) is 33.0. The Kier molecular flexibility index (Phi) is 13.8. The highest BCUT2D eigenvalue weighted by Gasteiger charge is 2.44. The molecule has 2 aliphatic heterocycles. The van der Waals surface area contributed by atoms with Crippen molar-refractivity contribution in [2.45, 2.75) is 103 Å². The highest BCUT2D eigenvalue weighted by atomic mass is 16.6. The summed E-state index contributed by atoms with van der Waals surface area (Å²) in [6.45, 7) is 11.1. The maximum Gasteiger partial charge on any atom is 0.407 e. The second kappa shape index (κ2) is 18.5. The number of nitrogens with zero attached hydrogens (tertiary/aromatic N) is 2. The van der Waals surface area contributed by atoms with Gasteiger partial charge in [-0.05, 0) is 88.6 Å². The van der Waals surface area contributed by atoms with E-state index >= 15 is 0 Å². The molecule has 296 valence electrons. The summed E-state index contributed by atoms with van der Waals surface area (Å²) < 4.78 is 5.32. The molecule has 12 heteroatoms. The number of hydrogen-bond donors (Lipinski definition) is 4. The largest absolute Gasteiger partial charge is 0.444 e. The summed E-state index contributed by atoms with van der Waals surface area (Å²) in [6, 6.07) is 21.8. The number of urea groups is 1. The third-order valence-corrected chi connectivity index (χ3v) is 10.3. The number of fused-ring (bicyclic) bond motifs is 1. The van der Waals surface area contributed by atoms with Gasteiger partial charge in [-0.15, -0.1) is 0 Å². The van der Waals surface area contributed by atoms with E-state index in [1.54, 1.807) is 37.5 Å². The summed E-state index contributed by atoms with van der Waals surface area (Å²) in [5, 5.41) is 13.9. The maximum absolute atomic E-state index is 14.6. The van der Waals surface area contributed by atoms with Gasteiger partial charge in [-0.3, -0.25) is 14.4 Å².